The summed E-state index contributed by atoms with van der Waals surface area (Å²) in [4.78, 5) is 0. The zero-order valence-corrected chi connectivity index (χ0v) is 10.4. The molecule has 0 saturated heterocycles. The van der Waals surface area contributed by atoms with Crippen molar-refractivity contribution in [3.63, 3.8) is 0 Å². The van der Waals surface area contributed by atoms with Crippen molar-refractivity contribution in [3.8, 4) is 0 Å². The van der Waals surface area contributed by atoms with Crippen LogP contribution in [-0.2, 0) is 0 Å². The van der Waals surface area contributed by atoms with Crippen LogP contribution in [-0.4, -0.2) is 23.6 Å². The largest absolute Gasteiger partial charge is 0.409 e. The summed E-state index contributed by atoms with van der Waals surface area (Å²) >= 11 is 0. The van der Waals surface area contributed by atoms with Crippen LogP contribution < -0.4 is 11.1 Å². The fourth-order valence-electron chi connectivity index (χ4n) is 1.43. The van der Waals surface area contributed by atoms with Gasteiger partial charge in [-0.05, 0) is 25.8 Å². The minimum Gasteiger partial charge on any atom is -0.409 e. The zero-order valence-electron chi connectivity index (χ0n) is 10.4. The second-order valence-electron chi connectivity index (χ2n) is 4.59. The van der Waals surface area contributed by atoms with Crippen LogP contribution in [0.25, 0.3) is 0 Å². The maximum atomic E-state index is 8.61. The first-order chi connectivity index (χ1) is 6.97. The Bertz CT molecular complexity index is 198. The quantitative estimate of drug-likeness (QED) is 0.263. The van der Waals surface area contributed by atoms with Crippen molar-refractivity contribution < 1.29 is 5.21 Å². The summed E-state index contributed by atoms with van der Waals surface area (Å²) in [5.74, 6) is 0.300. The molecule has 0 aromatic rings. The van der Waals surface area contributed by atoms with Crippen LogP contribution in [0.5, 0.6) is 0 Å². The molecular weight excluding hydrogens is 190 g/mol. The van der Waals surface area contributed by atoms with Gasteiger partial charge in [-0.15, -0.1) is 0 Å². The number of hydrogen-bond donors (Lipinski definition) is 3. The van der Waals surface area contributed by atoms with E-state index in [1.54, 1.807) is 0 Å². The second kappa shape index (κ2) is 6.67. The van der Waals surface area contributed by atoms with E-state index >= 15 is 0 Å². The average molecular weight is 215 g/mol. The molecule has 0 radical (unpaired) electrons. The van der Waals surface area contributed by atoms with Crippen LogP contribution in [0.4, 0.5) is 0 Å². The molecule has 0 heterocycles. The third kappa shape index (κ3) is 5.02. The third-order valence-corrected chi connectivity index (χ3v) is 2.97. The molecule has 4 N–H and O–H groups in total. The van der Waals surface area contributed by atoms with Gasteiger partial charge in [0.25, 0.3) is 0 Å². The highest BCUT2D eigenvalue weighted by Crippen LogP contribution is 2.19. The second-order valence-corrected chi connectivity index (χ2v) is 4.59. The first kappa shape index (κ1) is 14.2. The first-order valence-electron chi connectivity index (χ1n) is 5.69. The normalized spacial score (nSPS) is 13.5. The SMILES string of the molecule is CCC(CC)NCCC(C)(C)C(N)=NO. The molecule has 0 aliphatic carbocycles. The van der Waals surface area contributed by atoms with Crippen molar-refractivity contribution in [2.75, 3.05) is 6.54 Å². The first-order valence-corrected chi connectivity index (χ1v) is 5.69. The molecule has 0 fully saturated rings. The number of oxime groups is 1. The Hall–Kier alpha value is -0.770. The molecule has 4 heteroatoms. The van der Waals surface area contributed by atoms with Gasteiger partial charge in [-0.3, -0.25) is 0 Å². The summed E-state index contributed by atoms with van der Waals surface area (Å²) in [6.45, 7) is 9.22. The highest BCUT2D eigenvalue weighted by molar-refractivity contribution is 5.85. The Morgan fingerprint density at radius 2 is 1.93 bits per heavy atom. The zero-order chi connectivity index (χ0) is 11.9. The van der Waals surface area contributed by atoms with Gasteiger partial charge >= 0.3 is 0 Å². The number of rotatable bonds is 7. The minimum atomic E-state index is -0.242. The summed E-state index contributed by atoms with van der Waals surface area (Å²) in [5.41, 5.74) is 5.36. The third-order valence-electron chi connectivity index (χ3n) is 2.97. The van der Waals surface area contributed by atoms with Crippen LogP contribution in [0, 0.1) is 5.41 Å². The molecule has 0 saturated carbocycles. The van der Waals surface area contributed by atoms with Crippen LogP contribution in [0.2, 0.25) is 0 Å². The molecule has 0 bridgehead atoms. The fraction of sp³-hybridized carbons (Fsp3) is 0.909. The molecule has 0 atom stereocenters. The van der Waals surface area contributed by atoms with Gasteiger partial charge in [0.15, 0.2) is 0 Å². The van der Waals surface area contributed by atoms with Gasteiger partial charge in [-0.1, -0.05) is 32.9 Å². The van der Waals surface area contributed by atoms with Crippen LogP contribution in [0.1, 0.15) is 47.0 Å². The summed E-state index contributed by atoms with van der Waals surface area (Å²) in [5, 5.41) is 15.1. The van der Waals surface area contributed by atoms with E-state index in [2.05, 4.69) is 24.3 Å². The van der Waals surface area contributed by atoms with Gasteiger partial charge in [0.2, 0.25) is 0 Å². The Morgan fingerprint density at radius 1 is 1.40 bits per heavy atom. The maximum absolute atomic E-state index is 8.61. The summed E-state index contributed by atoms with van der Waals surface area (Å²) in [6.07, 6.45) is 3.15. The molecule has 15 heavy (non-hydrogen) atoms. The van der Waals surface area contributed by atoms with E-state index < -0.39 is 0 Å². The molecule has 0 aliphatic rings. The molecule has 90 valence electrons. The molecule has 0 unspecified atom stereocenters. The molecule has 0 spiro atoms. The topological polar surface area (TPSA) is 70.6 Å². The van der Waals surface area contributed by atoms with E-state index in [9.17, 15) is 0 Å². The van der Waals surface area contributed by atoms with E-state index in [0.717, 1.165) is 25.8 Å². The van der Waals surface area contributed by atoms with Gasteiger partial charge in [-0.2, -0.15) is 0 Å². The number of nitrogens with zero attached hydrogens (tertiary/aromatic N) is 1. The fourth-order valence-corrected chi connectivity index (χ4v) is 1.43. The summed E-state index contributed by atoms with van der Waals surface area (Å²) in [7, 11) is 0. The molecule has 0 amide bonds. The maximum Gasteiger partial charge on any atom is 0.144 e. The monoisotopic (exact) mass is 215 g/mol. The van der Waals surface area contributed by atoms with Crippen molar-refractivity contribution >= 4 is 5.84 Å². The average Bonchev–Trinajstić information content (AvgIpc) is 2.23. The van der Waals surface area contributed by atoms with Gasteiger partial charge in [0, 0.05) is 11.5 Å². The predicted molar refractivity (Wildman–Crippen MR) is 64.2 cm³/mol. The Morgan fingerprint density at radius 3 is 2.33 bits per heavy atom. The lowest BCUT2D eigenvalue weighted by Gasteiger charge is -2.24. The lowest BCUT2D eigenvalue weighted by atomic mass is 9.88. The lowest BCUT2D eigenvalue weighted by molar-refractivity contribution is 0.304. The van der Waals surface area contributed by atoms with E-state index in [1.165, 1.54) is 0 Å². The van der Waals surface area contributed by atoms with Gasteiger partial charge in [0.1, 0.15) is 5.84 Å². The van der Waals surface area contributed by atoms with Crippen molar-refractivity contribution in [1.82, 2.24) is 5.32 Å². The van der Waals surface area contributed by atoms with Crippen molar-refractivity contribution in [1.29, 1.82) is 0 Å². The molecular formula is C11H25N3O. The van der Waals surface area contributed by atoms with Gasteiger partial charge < -0.3 is 16.3 Å². The molecule has 0 aromatic carbocycles. The van der Waals surface area contributed by atoms with Crippen molar-refractivity contribution in [2.45, 2.75) is 53.0 Å². The summed E-state index contributed by atoms with van der Waals surface area (Å²) in [6, 6.07) is 0.577. The van der Waals surface area contributed by atoms with Crippen LogP contribution in [0.15, 0.2) is 5.16 Å². The smallest absolute Gasteiger partial charge is 0.144 e. The Balaban J connectivity index is 3.94. The van der Waals surface area contributed by atoms with E-state index in [0.29, 0.717) is 11.9 Å². The number of hydrogen-bond acceptors (Lipinski definition) is 3. The standard InChI is InChI=1S/C11H25N3O/c1-5-9(6-2)13-8-7-11(3,4)10(12)14-15/h9,13,15H,5-8H2,1-4H3,(H2,12,14). The van der Waals surface area contributed by atoms with E-state index in [1.807, 2.05) is 13.8 Å². The predicted octanol–water partition coefficient (Wildman–Crippen LogP) is 1.93. The van der Waals surface area contributed by atoms with E-state index in [-0.39, 0.29) is 5.41 Å². The molecule has 0 aromatic heterocycles. The van der Waals surface area contributed by atoms with Crippen molar-refractivity contribution in [2.24, 2.45) is 16.3 Å². The van der Waals surface area contributed by atoms with E-state index in [4.69, 9.17) is 10.9 Å². The van der Waals surface area contributed by atoms with Crippen LogP contribution >= 0.6 is 0 Å². The highest BCUT2D eigenvalue weighted by Gasteiger charge is 2.23. The van der Waals surface area contributed by atoms with Crippen molar-refractivity contribution in [3.05, 3.63) is 0 Å². The highest BCUT2D eigenvalue weighted by atomic mass is 16.4. The summed E-state index contributed by atoms with van der Waals surface area (Å²) < 4.78 is 0. The number of nitrogens with two attached hydrogens (primary N) is 1. The Labute approximate surface area is 92.9 Å². The number of nitrogens with one attached hydrogen (secondary N) is 1. The molecule has 4 nitrogen and oxygen atoms in total. The molecule has 0 rings (SSSR count). The number of amidine groups is 1. The van der Waals surface area contributed by atoms with Gasteiger partial charge in [-0.25, -0.2) is 0 Å². The van der Waals surface area contributed by atoms with Crippen LogP contribution in [0.3, 0.4) is 0 Å². The lowest BCUT2D eigenvalue weighted by Crippen LogP contribution is -2.37. The minimum absolute atomic E-state index is 0.242. The molecule has 0 aliphatic heterocycles. The van der Waals surface area contributed by atoms with Gasteiger partial charge in [0.05, 0.1) is 0 Å². The Kier molecular flexibility index (Phi) is 6.32.